The monoisotopic (exact) mass is 277 g/mol. The molecule has 0 spiro atoms. The lowest BCUT2D eigenvalue weighted by molar-refractivity contribution is 0.0685. The molecule has 0 aromatic heterocycles. The summed E-state index contributed by atoms with van der Waals surface area (Å²) in [6, 6.07) is 4.78. The normalized spacial score (nSPS) is 10.4. The standard InChI is InChI=1S/C11H13Cl2NO3/c12-8-2-1-3-9(13)10(8)11(17)14(4-6-15)5-7-16/h1-3,15-16H,4-7H2. The number of hydrogen-bond acceptors (Lipinski definition) is 3. The molecule has 1 aromatic carbocycles. The van der Waals surface area contributed by atoms with Gasteiger partial charge in [0.15, 0.2) is 0 Å². The zero-order valence-electron chi connectivity index (χ0n) is 9.07. The highest BCUT2D eigenvalue weighted by Crippen LogP contribution is 2.25. The third-order valence-electron chi connectivity index (χ3n) is 2.20. The third-order valence-corrected chi connectivity index (χ3v) is 2.83. The van der Waals surface area contributed by atoms with Crippen molar-refractivity contribution in [3.05, 3.63) is 33.8 Å². The molecule has 0 aliphatic rings. The zero-order chi connectivity index (χ0) is 12.8. The molecule has 1 rings (SSSR count). The first kappa shape index (κ1) is 14.3. The Morgan fingerprint density at radius 1 is 1.12 bits per heavy atom. The number of hydrogen-bond donors (Lipinski definition) is 2. The molecule has 2 N–H and O–H groups in total. The molecule has 1 amide bonds. The summed E-state index contributed by atoms with van der Waals surface area (Å²) in [5, 5.41) is 18.2. The third kappa shape index (κ3) is 3.57. The summed E-state index contributed by atoms with van der Waals surface area (Å²) in [6.45, 7) is -0.122. The highest BCUT2D eigenvalue weighted by Gasteiger charge is 2.20. The molecule has 6 heteroatoms. The van der Waals surface area contributed by atoms with Gasteiger partial charge in [0.2, 0.25) is 0 Å². The van der Waals surface area contributed by atoms with E-state index in [1.165, 1.54) is 4.90 Å². The molecule has 0 heterocycles. The molecular formula is C11H13Cl2NO3. The van der Waals surface area contributed by atoms with E-state index in [0.717, 1.165) is 0 Å². The Balaban J connectivity index is 3.00. The second-order valence-corrected chi connectivity index (χ2v) is 4.15. The minimum absolute atomic E-state index is 0.126. The first-order valence-corrected chi connectivity index (χ1v) is 5.82. The minimum atomic E-state index is -0.399. The van der Waals surface area contributed by atoms with Crippen molar-refractivity contribution >= 4 is 29.1 Å². The number of nitrogens with zero attached hydrogens (tertiary/aromatic N) is 1. The van der Waals surface area contributed by atoms with Crippen molar-refractivity contribution < 1.29 is 15.0 Å². The van der Waals surface area contributed by atoms with Gasteiger partial charge < -0.3 is 15.1 Å². The van der Waals surface area contributed by atoms with E-state index in [1.807, 2.05) is 0 Å². The lowest BCUT2D eigenvalue weighted by Gasteiger charge is -2.21. The van der Waals surface area contributed by atoms with E-state index in [1.54, 1.807) is 18.2 Å². The van der Waals surface area contributed by atoms with Crippen LogP contribution in [-0.2, 0) is 0 Å². The highest BCUT2D eigenvalue weighted by atomic mass is 35.5. The lowest BCUT2D eigenvalue weighted by atomic mass is 10.2. The molecule has 0 fully saturated rings. The molecular weight excluding hydrogens is 265 g/mol. The number of carbonyl (C=O) groups excluding carboxylic acids is 1. The van der Waals surface area contributed by atoms with Gasteiger partial charge in [0, 0.05) is 13.1 Å². The summed E-state index contributed by atoms with van der Waals surface area (Å²) in [5.74, 6) is -0.399. The van der Waals surface area contributed by atoms with E-state index < -0.39 is 5.91 Å². The Morgan fingerprint density at radius 3 is 2.00 bits per heavy atom. The zero-order valence-corrected chi connectivity index (χ0v) is 10.6. The Morgan fingerprint density at radius 2 is 1.59 bits per heavy atom. The van der Waals surface area contributed by atoms with E-state index in [9.17, 15) is 4.79 Å². The fourth-order valence-corrected chi connectivity index (χ4v) is 1.98. The van der Waals surface area contributed by atoms with Gasteiger partial charge in [-0.1, -0.05) is 29.3 Å². The molecule has 0 saturated heterocycles. The van der Waals surface area contributed by atoms with Gasteiger partial charge in [-0.2, -0.15) is 0 Å². The van der Waals surface area contributed by atoms with Gasteiger partial charge in [0.05, 0.1) is 28.8 Å². The summed E-state index contributed by atoms with van der Waals surface area (Å²) in [4.78, 5) is 13.4. The van der Waals surface area contributed by atoms with Crippen LogP contribution in [0.15, 0.2) is 18.2 Å². The fraction of sp³-hybridized carbons (Fsp3) is 0.364. The Labute approximate surface area is 109 Å². The predicted molar refractivity (Wildman–Crippen MR) is 66.5 cm³/mol. The smallest absolute Gasteiger partial charge is 0.257 e. The first-order chi connectivity index (χ1) is 8.11. The van der Waals surface area contributed by atoms with Crippen molar-refractivity contribution in [1.29, 1.82) is 0 Å². The van der Waals surface area contributed by atoms with E-state index >= 15 is 0 Å². The Hall–Kier alpha value is -0.810. The highest BCUT2D eigenvalue weighted by molar-refractivity contribution is 6.39. The maximum atomic E-state index is 12.1. The molecule has 0 unspecified atom stereocenters. The van der Waals surface area contributed by atoms with Crippen molar-refractivity contribution in [3.8, 4) is 0 Å². The van der Waals surface area contributed by atoms with Crippen molar-refractivity contribution in [2.75, 3.05) is 26.3 Å². The number of aliphatic hydroxyl groups is 2. The maximum Gasteiger partial charge on any atom is 0.257 e. The van der Waals surface area contributed by atoms with Gasteiger partial charge >= 0.3 is 0 Å². The van der Waals surface area contributed by atoms with Crippen LogP contribution in [0.5, 0.6) is 0 Å². The number of halogens is 2. The lowest BCUT2D eigenvalue weighted by Crippen LogP contribution is -2.36. The van der Waals surface area contributed by atoms with E-state index in [2.05, 4.69) is 0 Å². The van der Waals surface area contributed by atoms with Crippen LogP contribution < -0.4 is 0 Å². The van der Waals surface area contributed by atoms with E-state index in [0.29, 0.717) is 0 Å². The van der Waals surface area contributed by atoms with Crippen LogP contribution in [0.25, 0.3) is 0 Å². The molecule has 0 aliphatic carbocycles. The number of amides is 1. The molecule has 0 atom stereocenters. The second kappa shape index (κ2) is 6.81. The summed E-state index contributed by atoms with van der Waals surface area (Å²) in [7, 11) is 0. The van der Waals surface area contributed by atoms with Crippen LogP contribution >= 0.6 is 23.2 Å². The topological polar surface area (TPSA) is 60.8 Å². The number of benzene rings is 1. The van der Waals surface area contributed by atoms with Gasteiger partial charge in [-0.3, -0.25) is 4.79 Å². The van der Waals surface area contributed by atoms with Crippen LogP contribution in [-0.4, -0.2) is 47.3 Å². The molecule has 4 nitrogen and oxygen atoms in total. The van der Waals surface area contributed by atoms with Crippen LogP contribution in [0.3, 0.4) is 0 Å². The quantitative estimate of drug-likeness (QED) is 0.856. The molecule has 0 radical (unpaired) electrons. The summed E-state index contributed by atoms with van der Waals surface area (Å²) in [5.41, 5.74) is 0.192. The Bertz CT molecular complexity index is 372. The largest absolute Gasteiger partial charge is 0.395 e. The predicted octanol–water partition coefficient (Wildman–Crippen LogP) is 1.42. The van der Waals surface area contributed by atoms with Crippen LogP contribution in [0, 0.1) is 0 Å². The Kier molecular flexibility index (Phi) is 5.71. The number of aliphatic hydroxyl groups excluding tert-OH is 2. The first-order valence-electron chi connectivity index (χ1n) is 5.06. The van der Waals surface area contributed by atoms with Crippen molar-refractivity contribution in [2.45, 2.75) is 0 Å². The molecule has 94 valence electrons. The number of rotatable bonds is 5. The van der Waals surface area contributed by atoms with Crippen molar-refractivity contribution in [1.82, 2.24) is 4.90 Å². The SMILES string of the molecule is O=C(c1c(Cl)cccc1Cl)N(CCO)CCO. The molecule has 0 aliphatic heterocycles. The fourth-order valence-electron chi connectivity index (χ4n) is 1.42. The van der Waals surface area contributed by atoms with Crippen LogP contribution in [0.1, 0.15) is 10.4 Å². The molecule has 1 aromatic rings. The van der Waals surface area contributed by atoms with Gasteiger partial charge in [0.25, 0.3) is 5.91 Å². The van der Waals surface area contributed by atoms with Crippen LogP contribution in [0.4, 0.5) is 0 Å². The van der Waals surface area contributed by atoms with E-state index in [-0.39, 0.29) is 41.9 Å². The number of carbonyl (C=O) groups is 1. The van der Waals surface area contributed by atoms with Gasteiger partial charge in [-0.05, 0) is 12.1 Å². The van der Waals surface area contributed by atoms with Crippen LogP contribution in [0.2, 0.25) is 10.0 Å². The van der Waals surface area contributed by atoms with Gasteiger partial charge in [0.1, 0.15) is 0 Å². The average molecular weight is 278 g/mol. The van der Waals surface area contributed by atoms with Crippen molar-refractivity contribution in [3.63, 3.8) is 0 Å². The summed E-state index contributed by atoms with van der Waals surface area (Å²) < 4.78 is 0. The molecule has 0 saturated carbocycles. The summed E-state index contributed by atoms with van der Waals surface area (Å²) in [6.07, 6.45) is 0. The minimum Gasteiger partial charge on any atom is -0.395 e. The maximum absolute atomic E-state index is 12.1. The summed E-state index contributed by atoms with van der Waals surface area (Å²) >= 11 is 11.8. The average Bonchev–Trinajstić information content (AvgIpc) is 2.28. The molecule has 0 bridgehead atoms. The van der Waals surface area contributed by atoms with Gasteiger partial charge in [-0.25, -0.2) is 0 Å². The second-order valence-electron chi connectivity index (χ2n) is 3.34. The van der Waals surface area contributed by atoms with Crippen molar-refractivity contribution in [2.24, 2.45) is 0 Å². The van der Waals surface area contributed by atoms with Gasteiger partial charge in [-0.15, -0.1) is 0 Å². The van der Waals surface area contributed by atoms with E-state index in [4.69, 9.17) is 33.4 Å². The molecule has 17 heavy (non-hydrogen) atoms.